The Hall–Kier alpha value is -1.46. The minimum absolute atomic E-state index is 0.120. The van der Waals surface area contributed by atoms with Gasteiger partial charge in [-0.15, -0.1) is 11.8 Å². The molecule has 1 N–H and O–H groups in total. The molecule has 2 aromatic rings. The molecule has 0 radical (unpaired) electrons. The van der Waals surface area contributed by atoms with Gasteiger partial charge in [0.15, 0.2) is 0 Å². The van der Waals surface area contributed by atoms with Crippen LogP contribution in [0.1, 0.15) is 11.6 Å². The fourth-order valence-corrected chi connectivity index (χ4v) is 3.41. The third kappa shape index (κ3) is 2.48. The first kappa shape index (κ1) is 12.6. The van der Waals surface area contributed by atoms with Crippen LogP contribution in [-0.2, 0) is 7.05 Å². The Labute approximate surface area is 117 Å². The zero-order valence-electron chi connectivity index (χ0n) is 11.0. The van der Waals surface area contributed by atoms with Gasteiger partial charge in [-0.2, -0.15) is 5.10 Å². The number of nitrogens with zero attached hydrogens (tertiary/aromatic N) is 2. The van der Waals surface area contributed by atoms with Crippen molar-refractivity contribution in [2.45, 2.75) is 17.0 Å². The quantitative estimate of drug-likeness (QED) is 0.932. The van der Waals surface area contributed by atoms with Gasteiger partial charge in [0.2, 0.25) is 0 Å². The number of hydrogen-bond acceptors (Lipinski definition) is 4. The van der Waals surface area contributed by atoms with Crippen LogP contribution in [0, 0.1) is 0 Å². The van der Waals surface area contributed by atoms with Gasteiger partial charge in [-0.25, -0.2) is 0 Å². The van der Waals surface area contributed by atoms with E-state index in [9.17, 15) is 0 Å². The minimum atomic E-state index is 0.120. The van der Waals surface area contributed by atoms with Crippen LogP contribution >= 0.6 is 11.8 Å². The summed E-state index contributed by atoms with van der Waals surface area (Å²) < 4.78 is 7.95. The van der Waals surface area contributed by atoms with Crippen molar-refractivity contribution < 1.29 is 4.74 Å². The van der Waals surface area contributed by atoms with Gasteiger partial charge in [0.25, 0.3) is 0 Å². The molecule has 1 aliphatic rings. The summed E-state index contributed by atoms with van der Waals surface area (Å²) in [6.45, 7) is 0. The lowest BCUT2D eigenvalue weighted by atomic mass is 10.1. The molecule has 19 heavy (non-hydrogen) atoms. The molecule has 0 saturated heterocycles. The highest BCUT2D eigenvalue weighted by Crippen LogP contribution is 2.38. The van der Waals surface area contributed by atoms with Gasteiger partial charge in [0.05, 0.1) is 12.2 Å². The summed E-state index contributed by atoms with van der Waals surface area (Å²) in [6, 6.07) is 8.36. The molecule has 4 nitrogen and oxygen atoms in total. The van der Waals surface area contributed by atoms with E-state index in [0.29, 0.717) is 0 Å². The maximum Gasteiger partial charge on any atom is 0.133 e. The summed E-state index contributed by atoms with van der Waals surface area (Å²) in [7, 11) is 3.90. The first-order valence-electron chi connectivity index (χ1n) is 6.32. The monoisotopic (exact) mass is 275 g/mol. The second kappa shape index (κ2) is 5.27. The van der Waals surface area contributed by atoms with Crippen molar-refractivity contribution in [3.63, 3.8) is 0 Å². The molecule has 5 heteroatoms. The second-order valence-electron chi connectivity index (χ2n) is 4.63. The highest BCUT2D eigenvalue weighted by atomic mass is 32.2. The fraction of sp³-hybridized carbons (Fsp3) is 0.357. The largest absolute Gasteiger partial charge is 0.486 e. The molecule has 0 fully saturated rings. The highest BCUT2D eigenvalue weighted by molar-refractivity contribution is 7.99. The van der Waals surface area contributed by atoms with Crippen LogP contribution in [0.5, 0.6) is 5.75 Å². The molecule has 0 spiro atoms. The normalized spacial score (nSPS) is 19.6. The number of aryl methyl sites for hydroxylation is 1. The summed E-state index contributed by atoms with van der Waals surface area (Å²) >= 11 is 1.85. The Kier molecular flexibility index (Phi) is 3.48. The molecule has 0 saturated carbocycles. The van der Waals surface area contributed by atoms with E-state index in [1.54, 1.807) is 0 Å². The van der Waals surface area contributed by atoms with Crippen LogP contribution in [0.4, 0.5) is 0 Å². The fourth-order valence-electron chi connectivity index (χ4n) is 2.37. The second-order valence-corrected chi connectivity index (χ2v) is 5.69. The number of aromatic nitrogens is 2. The minimum Gasteiger partial charge on any atom is -0.486 e. The summed E-state index contributed by atoms with van der Waals surface area (Å²) in [6.07, 6.45) is 4.06. The van der Waals surface area contributed by atoms with Gasteiger partial charge < -0.3 is 10.1 Å². The standard InChI is InChI=1S/C14H17N3OS/c1-15-14(10-7-16-17(2)8-10)12-9-19-13-6-4-3-5-11(13)18-12/h3-8,12,14-15H,9H2,1-2H3. The lowest BCUT2D eigenvalue weighted by Crippen LogP contribution is -2.37. The number of fused-ring (bicyclic) bond motifs is 1. The number of ether oxygens (including phenoxy) is 1. The molecule has 100 valence electrons. The van der Waals surface area contributed by atoms with Gasteiger partial charge >= 0.3 is 0 Å². The maximum absolute atomic E-state index is 6.13. The van der Waals surface area contributed by atoms with Crippen molar-refractivity contribution in [1.82, 2.24) is 15.1 Å². The third-order valence-electron chi connectivity index (χ3n) is 3.30. The van der Waals surface area contributed by atoms with E-state index in [0.717, 1.165) is 17.1 Å². The van der Waals surface area contributed by atoms with Crippen molar-refractivity contribution in [2.75, 3.05) is 12.8 Å². The third-order valence-corrected chi connectivity index (χ3v) is 4.44. The van der Waals surface area contributed by atoms with Crippen LogP contribution < -0.4 is 10.1 Å². The Morgan fingerprint density at radius 2 is 2.32 bits per heavy atom. The number of para-hydroxylation sites is 1. The first-order chi connectivity index (χ1) is 9.28. The molecule has 0 aliphatic carbocycles. The Bertz CT molecular complexity index is 569. The van der Waals surface area contributed by atoms with Crippen molar-refractivity contribution in [3.8, 4) is 5.75 Å². The number of thioether (sulfide) groups is 1. The van der Waals surface area contributed by atoms with E-state index in [-0.39, 0.29) is 12.1 Å². The highest BCUT2D eigenvalue weighted by Gasteiger charge is 2.29. The Balaban J connectivity index is 1.83. The van der Waals surface area contributed by atoms with Crippen molar-refractivity contribution in [2.24, 2.45) is 7.05 Å². The van der Waals surface area contributed by atoms with Gasteiger partial charge in [-0.05, 0) is 19.2 Å². The van der Waals surface area contributed by atoms with E-state index in [1.807, 2.05) is 61.1 Å². The van der Waals surface area contributed by atoms with Gasteiger partial charge in [-0.3, -0.25) is 4.68 Å². The average Bonchev–Trinajstić information content (AvgIpc) is 2.86. The first-order valence-corrected chi connectivity index (χ1v) is 7.31. The van der Waals surface area contributed by atoms with Crippen LogP contribution in [0.25, 0.3) is 0 Å². The zero-order valence-corrected chi connectivity index (χ0v) is 11.9. The molecule has 3 rings (SSSR count). The maximum atomic E-state index is 6.13. The van der Waals surface area contributed by atoms with Crippen LogP contribution in [0.3, 0.4) is 0 Å². The lowest BCUT2D eigenvalue weighted by molar-refractivity contribution is 0.171. The van der Waals surface area contributed by atoms with E-state index >= 15 is 0 Å². The topological polar surface area (TPSA) is 39.1 Å². The average molecular weight is 275 g/mol. The van der Waals surface area contributed by atoms with Crippen molar-refractivity contribution >= 4 is 11.8 Å². The summed E-state index contributed by atoms with van der Waals surface area (Å²) in [5.74, 6) is 1.92. The summed E-state index contributed by atoms with van der Waals surface area (Å²) in [5, 5.41) is 7.58. The predicted octanol–water partition coefficient (Wildman–Crippen LogP) is 2.23. The molecule has 0 bridgehead atoms. The van der Waals surface area contributed by atoms with Crippen LogP contribution in [-0.4, -0.2) is 28.7 Å². The summed E-state index contributed by atoms with van der Waals surface area (Å²) in [5.41, 5.74) is 1.16. The lowest BCUT2D eigenvalue weighted by Gasteiger charge is -2.31. The zero-order chi connectivity index (χ0) is 13.2. The number of rotatable bonds is 3. The van der Waals surface area contributed by atoms with Crippen molar-refractivity contribution in [1.29, 1.82) is 0 Å². The van der Waals surface area contributed by atoms with Gasteiger partial charge in [-0.1, -0.05) is 12.1 Å². The molecule has 1 aliphatic heterocycles. The Morgan fingerprint density at radius 1 is 1.47 bits per heavy atom. The van der Waals surface area contributed by atoms with E-state index < -0.39 is 0 Å². The molecular formula is C14H17N3OS. The molecule has 1 aromatic carbocycles. The molecule has 0 amide bonds. The number of likely N-dealkylation sites (N-methyl/N-ethyl adjacent to an activating group) is 1. The van der Waals surface area contributed by atoms with Crippen molar-refractivity contribution in [3.05, 3.63) is 42.2 Å². The SMILES string of the molecule is CNC(c1cnn(C)c1)C1CSc2ccccc2O1. The molecule has 2 heterocycles. The van der Waals surface area contributed by atoms with Gasteiger partial charge in [0.1, 0.15) is 11.9 Å². The number of hydrogen-bond donors (Lipinski definition) is 1. The predicted molar refractivity (Wildman–Crippen MR) is 76.6 cm³/mol. The smallest absolute Gasteiger partial charge is 0.133 e. The van der Waals surface area contributed by atoms with E-state index in [1.165, 1.54) is 4.90 Å². The van der Waals surface area contributed by atoms with E-state index in [4.69, 9.17) is 4.74 Å². The summed E-state index contributed by atoms with van der Waals surface area (Å²) in [4.78, 5) is 1.22. The molecule has 1 aromatic heterocycles. The molecular weight excluding hydrogens is 258 g/mol. The van der Waals surface area contributed by atoms with Gasteiger partial charge in [0, 0.05) is 29.5 Å². The number of benzene rings is 1. The Morgan fingerprint density at radius 3 is 3.05 bits per heavy atom. The van der Waals surface area contributed by atoms with E-state index in [2.05, 4.69) is 16.5 Å². The van der Waals surface area contributed by atoms with Crippen LogP contribution in [0.15, 0.2) is 41.6 Å². The molecule has 2 atom stereocenters. The number of nitrogens with one attached hydrogen (secondary N) is 1. The molecule has 2 unspecified atom stereocenters. The van der Waals surface area contributed by atoms with Crippen LogP contribution in [0.2, 0.25) is 0 Å².